The van der Waals surface area contributed by atoms with Gasteiger partial charge in [-0.1, -0.05) is 11.6 Å². The highest BCUT2D eigenvalue weighted by atomic mass is 35.5. The zero-order valence-electron chi connectivity index (χ0n) is 14.3. The molecule has 0 saturated carbocycles. The lowest BCUT2D eigenvalue weighted by Crippen LogP contribution is -2.16. The third-order valence-electron chi connectivity index (χ3n) is 3.63. The van der Waals surface area contributed by atoms with Gasteiger partial charge in [-0.25, -0.2) is 0 Å². The molecule has 1 N–H and O–H groups in total. The van der Waals surface area contributed by atoms with Crippen molar-refractivity contribution in [1.82, 2.24) is 0 Å². The number of hydrogen-bond acceptors (Lipinski definition) is 6. The standard InChI is InChI=1S/C18H18ClNO5S/c1-22-15-9-13(16(23-2)8-12(15)19)20-18(21)10-26-11-3-4-14-17(7-11)25-6-5-24-14/h3-4,7-9H,5-6,10H2,1-2H3,(H,20,21). The lowest BCUT2D eigenvalue weighted by Gasteiger charge is -2.18. The van der Waals surface area contributed by atoms with Crippen LogP contribution >= 0.6 is 23.4 Å². The number of rotatable bonds is 6. The lowest BCUT2D eigenvalue weighted by atomic mass is 10.2. The van der Waals surface area contributed by atoms with Gasteiger partial charge in [-0.2, -0.15) is 0 Å². The average molecular weight is 396 g/mol. The van der Waals surface area contributed by atoms with E-state index in [9.17, 15) is 4.79 Å². The monoisotopic (exact) mass is 395 g/mol. The van der Waals surface area contributed by atoms with Crippen LogP contribution in [0.3, 0.4) is 0 Å². The summed E-state index contributed by atoms with van der Waals surface area (Å²) in [6.07, 6.45) is 0. The van der Waals surface area contributed by atoms with Gasteiger partial charge in [0.05, 0.1) is 30.7 Å². The molecule has 2 aromatic rings. The fraction of sp³-hybridized carbons (Fsp3) is 0.278. The van der Waals surface area contributed by atoms with E-state index in [1.54, 1.807) is 12.1 Å². The molecule has 1 heterocycles. The molecule has 0 bridgehead atoms. The summed E-state index contributed by atoms with van der Waals surface area (Å²) in [5.41, 5.74) is 0.501. The number of fused-ring (bicyclic) bond motifs is 1. The van der Waals surface area contributed by atoms with Crippen LogP contribution in [0.4, 0.5) is 5.69 Å². The molecule has 0 atom stereocenters. The summed E-state index contributed by atoms with van der Waals surface area (Å²) in [6, 6.07) is 8.86. The number of anilines is 1. The predicted octanol–water partition coefficient (Wildman–Crippen LogP) is 3.86. The van der Waals surface area contributed by atoms with Gasteiger partial charge in [-0.05, 0) is 18.2 Å². The Kier molecular flexibility index (Phi) is 6.00. The van der Waals surface area contributed by atoms with Crippen LogP contribution < -0.4 is 24.3 Å². The zero-order chi connectivity index (χ0) is 18.5. The van der Waals surface area contributed by atoms with Gasteiger partial charge in [0.25, 0.3) is 0 Å². The third kappa shape index (κ3) is 4.28. The van der Waals surface area contributed by atoms with Crippen LogP contribution in [0.25, 0.3) is 0 Å². The number of carbonyl (C=O) groups is 1. The molecular weight excluding hydrogens is 378 g/mol. The van der Waals surface area contributed by atoms with Crippen molar-refractivity contribution in [2.45, 2.75) is 4.90 Å². The number of halogens is 1. The largest absolute Gasteiger partial charge is 0.495 e. The minimum atomic E-state index is -0.174. The molecule has 0 unspecified atom stereocenters. The Bertz CT molecular complexity index is 814. The Balaban J connectivity index is 1.64. The van der Waals surface area contributed by atoms with E-state index in [0.717, 1.165) is 10.6 Å². The van der Waals surface area contributed by atoms with Crippen LogP contribution in [-0.2, 0) is 4.79 Å². The summed E-state index contributed by atoms with van der Waals surface area (Å²) in [4.78, 5) is 13.2. The summed E-state index contributed by atoms with van der Waals surface area (Å²) in [5.74, 6) is 2.41. The molecule has 0 spiro atoms. The van der Waals surface area contributed by atoms with Crippen LogP contribution in [-0.4, -0.2) is 39.1 Å². The number of thioether (sulfide) groups is 1. The van der Waals surface area contributed by atoms with E-state index in [1.807, 2.05) is 18.2 Å². The molecule has 2 aromatic carbocycles. The van der Waals surface area contributed by atoms with Gasteiger partial charge in [-0.15, -0.1) is 11.8 Å². The van der Waals surface area contributed by atoms with Crippen molar-refractivity contribution >= 4 is 35.0 Å². The van der Waals surface area contributed by atoms with Gasteiger partial charge in [-0.3, -0.25) is 4.79 Å². The van der Waals surface area contributed by atoms with Gasteiger partial charge in [0.15, 0.2) is 11.5 Å². The summed E-state index contributed by atoms with van der Waals surface area (Å²) in [7, 11) is 3.02. The summed E-state index contributed by atoms with van der Waals surface area (Å²) < 4.78 is 21.5. The molecule has 0 fully saturated rings. The molecule has 6 nitrogen and oxygen atoms in total. The van der Waals surface area contributed by atoms with Gasteiger partial charge >= 0.3 is 0 Å². The maximum Gasteiger partial charge on any atom is 0.234 e. The molecular formula is C18H18ClNO5S. The highest BCUT2D eigenvalue weighted by Crippen LogP contribution is 2.37. The van der Waals surface area contributed by atoms with Crippen LogP contribution in [0.1, 0.15) is 0 Å². The molecule has 0 aliphatic carbocycles. The minimum absolute atomic E-state index is 0.174. The Hall–Kier alpha value is -2.25. The number of carbonyl (C=O) groups excluding carboxylic acids is 1. The molecule has 1 aliphatic heterocycles. The first-order valence-electron chi connectivity index (χ1n) is 7.84. The Morgan fingerprint density at radius 2 is 1.85 bits per heavy atom. The topological polar surface area (TPSA) is 66.0 Å². The minimum Gasteiger partial charge on any atom is -0.495 e. The van der Waals surface area contributed by atoms with Crippen molar-refractivity contribution in [3.05, 3.63) is 35.4 Å². The van der Waals surface area contributed by atoms with Gasteiger partial charge in [0.2, 0.25) is 5.91 Å². The first-order chi connectivity index (χ1) is 12.6. The van der Waals surface area contributed by atoms with Gasteiger partial charge < -0.3 is 24.3 Å². The second kappa shape index (κ2) is 8.42. The Labute approximate surface area is 160 Å². The van der Waals surface area contributed by atoms with E-state index in [1.165, 1.54) is 26.0 Å². The number of hydrogen-bond donors (Lipinski definition) is 1. The lowest BCUT2D eigenvalue weighted by molar-refractivity contribution is -0.113. The molecule has 0 aromatic heterocycles. The third-order valence-corrected chi connectivity index (χ3v) is 4.92. The second-order valence-electron chi connectivity index (χ2n) is 5.33. The number of ether oxygens (including phenoxy) is 4. The summed E-state index contributed by atoms with van der Waals surface area (Å²) in [5, 5.41) is 3.23. The Morgan fingerprint density at radius 1 is 1.12 bits per heavy atom. The number of methoxy groups -OCH3 is 2. The van der Waals surface area contributed by atoms with Crippen LogP contribution in [0, 0.1) is 0 Å². The molecule has 1 aliphatic rings. The van der Waals surface area contributed by atoms with Crippen molar-refractivity contribution in [3.8, 4) is 23.0 Å². The van der Waals surface area contributed by atoms with Crippen molar-refractivity contribution in [3.63, 3.8) is 0 Å². The van der Waals surface area contributed by atoms with E-state index in [2.05, 4.69) is 5.32 Å². The first-order valence-corrected chi connectivity index (χ1v) is 9.21. The molecule has 0 radical (unpaired) electrons. The highest BCUT2D eigenvalue weighted by Gasteiger charge is 2.15. The first kappa shape index (κ1) is 18.5. The van der Waals surface area contributed by atoms with Crippen molar-refractivity contribution in [2.24, 2.45) is 0 Å². The number of benzene rings is 2. The smallest absolute Gasteiger partial charge is 0.234 e. The van der Waals surface area contributed by atoms with E-state index in [4.69, 9.17) is 30.5 Å². The Morgan fingerprint density at radius 3 is 2.58 bits per heavy atom. The SMILES string of the molecule is COc1cc(NC(=O)CSc2ccc3c(c2)OCCO3)c(OC)cc1Cl. The molecule has 138 valence electrons. The van der Waals surface area contributed by atoms with E-state index in [0.29, 0.717) is 41.2 Å². The average Bonchev–Trinajstić information content (AvgIpc) is 2.67. The van der Waals surface area contributed by atoms with Crippen LogP contribution in [0.15, 0.2) is 35.2 Å². The highest BCUT2D eigenvalue weighted by molar-refractivity contribution is 8.00. The summed E-state index contributed by atoms with van der Waals surface area (Å²) in [6.45, 7) is 1.08. The quantitative estimate of drug-likeness (QED) is 0.749. The molecule has 3 rings (SSSR count). The molecule has 1 amide bonds. The maximum atomic E-state index is 12.3. The predicted molar refractivity (Wildman–Crippen MR) is 101 cm³/mol. The van der Waals surface area contributed by atoms with Crippen molar-refractivity contribution in [2.75, 3.05) is 38.5 Å². The zero-order valence-corrected chi connectivity index (χ0v) is 15.9. The second-order valence-corrected chi connectivity index (χ2v) is 6.79. The molecule has 26 heavy (non-hydrogen) atoms. The van der Waals surface area contributed by atoms with E-state index >= 15 is 0 Å². The summed E-state index contributed by atoms with van der Waals surface area (Å²) >= 11 is 7.47. The van der Waals surface area contributed by atoms with Gasteiger partial charge in [0.1, 0.15) is 24.7 Å². The van der Waals surface area contributed by atoms with E-state index in [-0.39, 0.29) is 11.7 Å². The van der Waals surface area contributed by atoms with Crippen molar-refractivity contribution < 1.29 is 23.7 Å². The van der Waals surface area contributed by atoms with Crippen LogP contribution in [0.2, 0.25) is 5.02 Å². The number of amides is 1. The fourth-order valence-corrected chi connectivity index (χ4v) is 3.36. The van der Waals surface area contributed by atoms with Crippen LogP contribution in [0.5, 0.6) is 23.0 Å². The molecule has 0 saturated heterocycles. The normalized spacial score (nSPS) is 12.4. The van der Waals surface area contributed by atoms with E-state index < -0.39 is 0 Å². The fourth-order valence-electron chi connectivity index (χ4n) is 2.41. The number of nitrogens with one attached hydrogen (secondary N) is 1. The van der Waals surface area contributed by atoms with Crippen molar-refractivity contribution in [1.29, 1.82) is 0 Å². The molecule has 8 heteroatoms. The van der Waals surface area contributed by atoms with Gasteiger partial charge in [0, 0.05) is 17.0 Å². The maximum absolute atomic E-state index is 12.3.